The van der Waals surface area contributed by atoms with E-state index in [1.165, 1.54) is 37.7 Å². The van der Waals surface area contributed by atoms with E-state index in [0.717, 1.165) is 24.8 Å². The number of unbranched alkanes of at least 4 members (excludes halogenated alkanes) is 5. The molecule has 0 fully saturated rings. The van der Waals surface area contributed by atoms with Gasteiger partial charge in [0.1, 0.15) is 0 Å². The standard InChI is InChI=1S/C19H32O/c1-4-5-6-7-8-9-10-19(20)18-13-11-17(12-14-18)15-16(2)3/h11-14,16,19-20H,4-10,15H2,1-3H3. The van der Waals surface area contributed by atoms with E-state index in [0.29, 0.717) is 5.92 Å². The average Bonchev–Trinajstić information content (AvgIpc) is 2.42. The minimum atomic E-state index is -0.283. The van der Waals surface area contributed by atoms with Gasteiger partial charge in [0.05, 0.1) is 6.10 Å². The predicted octanol–water partition coefficient (Wildman–Crippen LogP) is 5.67. The van der Waals surface area contributed by atoms with Crippen LogP contribution in [0.4, 0.5) is 0 Å². The summed E-state index contributed by atoms with van der Waals surface area (Å²) < 4.78 is 0. The molecule has 1 aromatic carbocycles. The molecule has 0 aliphatic rings. The van der Waals surface area contributed by atoms with E-state index in [1.807, 2.05) is 0 Å². The van der Waals surface area contributed by atoms with Crippen LogP contribution in [0, 0.1) is 5.92 Å². The van der Waals surface area contributed by atoms with Crippen molar-refractivity contribution in [2.75, 3.05) is 0 Å². The molecule has 20 heavy (non-hydrogen) atoms. The summed E-state index contributed by atoms with van der Waals surface area (Å²) in [5, 5.41) is 10.2. The number of hydrogen-bond acceptors (Lipinski definition) is 1. The fourth-order valence-electron chi connectivity index (χ4n) is 2.63. The number of hydrogen-bond donors (Lipinski definition) is 1. The maximum Gasteiger partial charge on any atom is 0.0790 e. The molecule has 1 nitrogen and oxygen atoms in total. The number of aliphatic hydroxyl groups is 1. The zero-order valence-corrected chi connectivity index (χ0v) is 13.6. The molecule has 114 valence electrons. The Morgan fingerprint density at radius 2 is 1.50 bits per heavy atom. The molecule has 0 aromatic heterocycles. The Hall–Kier alpha value is -0.820. The van der Waals surface area contributed by atoms with Gasteiger partial charge in [-0.05, 0) is 29.9 Å². The Balaban J connectivity index is 2.27. The lowest BCUT2D eigenvalue weighted by molar-refractivity contribution is 0.163. The molecule has 1 rings (SSSR count). The van der Waals surface area contributed by atoms with Crippen molar-refractivity contribution in [3.05, 3.63) is 35.4 Å². The van der Waals surface area contributed by atoms with E-state index in [2.05, 4.69) is 45.0 Å². The van der Waals surface area contributed by atoms with Crippen molar-refractivity contribution < 1.29 is 5.11 Å². The van der Waals surface area contributed by atoms with Gasteiger partial charge in [0, 0.05) is 0 Å². The van der Waals surface area contributed by atoms with Crippen LogP contribution in [0.5, 0.6) is 0 Å². The van der Waals surface area contributed by atoms with Crippen LogP contribution in [0.15, 0.2) is 24.3 Å². The van der Waals surface area contributed by atoms with Gasteiger partial charge in [-0.3, -0.25) is 0 Å². The van der Waals surface area contributed by atoms with Crippen LogP contribution in [0.25, 0.3) is 0 Å². The van der Waals surface area contributed by atoms with Crippen LogP contribution >= 0.6 is 0 Å². The minimum Gasteiger partial charge on any atom is -0.388 e. The second-order valence-electron chi connectivity index (χ2n) is 6.41. The van der Waals surface area contributed by atoms with Gasteiger partial charge in [-0.25, -0.2) is 0 Å². The van der Waals surface area contributed by atoms with Crippen molar-refractivity contribution in [2.24, 2.45) is 5.92 Å². The van der Waals surface area contributed by atoms with Gasteiger partial charge in [0.15, 0.2) is 0 Å². The first kappa shape index (κ1) is 17.2. The van der Waals surface area contributed by atoms with Gasteiger partial charge in [0.2, 0.25) is 0 Å². The van der Waals surface area contributed by atoms with Gasteiger partial charge < -0.3 is 5.11 Å². The van der Waals surface area contributed by atoms with Crippen LogP contribution in [0.3, 0.4) is 0 Å². The van der Waals surface area contributed by atoms with E-state index in [9.17, 15) is 5.11 Å². The fourth-order valence-corrected chi connectivity index (χ4v) is 2.63. The first-order chi connectivity index (χ1) is 9.63. The predicted molar refractivity (Wildman–Crippen MR) is 87.9 cm³/mol. The van der Waals surface area contributed by atoms with Crippen molar-refractivity contribution in [2.45, 2.75) is 78.2 Å². The molecule has 1 heteroatoms. The van der Waals surface area contributed by atoms with Crippen LogP contribution < -0.4 is 0 Å². The van der Waals surface area contributed by atoms with Crippen LogP contribution in [0.1, 0.15) is 82.9 Å². The molecule has 0 spiro atoms. The second kappa shape index (κ2) is 9.99. The van der Waals surface area contributed by atoms with E-state index in [4.69, 9.17) is 0 Å². The summed E-state index contributed by atoms with van der Waals surface area (Å²) in [6, 6.07) is 8.53. The van der Waals surface area contributed by atoms with Gasteiger partial charge in [-0.15, -0.1) is 0 Å². The van der Waals surface area contributed by atoms with Crippen molar-refractivity contribution >= 4 is 0 Å². The largest absolute Gasteiger partial charge is 0.388 e. The second-order valence-corrected chi connectivity index (χ2v) is 6.41. The van der Waals surface area contributed by atoms with Gasteiger partial charge in [-0.1, -0.05) is 83.6 Å². The highest BCUT2D eigenvalue weighted by molar-refractivity contribution is 5.24. The molecule has 0 radical (unpaired) electrons. The van der Waals surface area contributed by atoms with Gasteiger partial charge >= 0.3 is 0 Å². The summed E-state index contributed by atoms with van der Waals surface area (Å²) in [4.78, 5) is 0. The molecule has 0 saturated carbocycles. The number of aliphatic hydroxyl groups excluding tert-OH is 1. The molecule has 1 atom stereocenters. The Kier molecular flexibility index (Phi) is 8.60. The minimum absolute atomic E-state index is 0.283. The molecular formula is C19H32O. The maximum absolute atomic E-state index is 10.2. The lowest BCUT2D eigenvalue weighted by Crippen LogP contribution is -1.99. The number of benzene rings is 1. The highest BCUT2D eigenvalue weighted by atomic mass is 16.3. The monoisotopic (exact) mass is 276 g/mol. The van der Waals surface area contributed by atoms with Crippen LogP contribution in [-0.2, 0) is 6.42 Å². The van der Waals surface area contributed by atoms with E-state index < -0.39 is 0 Å². The molecular weight excluding hydrogens is 244 g/mol. The zero-order valence-electron chi connectivity index (χ0n) is 13.6. The third-order valence-electron chi connectivity index (χ3n) is 3.84. The maximum atomic E-state index is 10.2. The van der Waals surface area contributed by atoms with E-state index in [1.54, 1.807) is 0 Å². The smallest absolute Gasteiger partial charge is 0.0790 e. The SMILES string of the molecule is CCCCCCCCC(O)c1ccc(CC(C)C)cc1. The Labute approximate surface area is 125 Å². The normalized spacial score (nSPS) is 12.8. The molecule has 1 aromatic rings. The summed E-state index contributed by atoms with van der Waals surface area (Å²) in [6.07, 6.45) is 9.43. The number of rotatable bonds is 10. The Bertz CT molecular complexity index is 339. The van der Waals surface area contributed by atoms with Crippen molar-refractivity contribution in [1.82, 2.24) is 0 Å². The zero-order chi connectivity index (χ0) is 14.8. The quantitative estimate of drug-likeness (QED) is 0.546. The molecule has 0 aliphatic carbocycles. The molecule has 0 bridgehead atoms. The van der Waals surface area contributed by atoms with Crippen LogP contribution in [0.2, 0.25) is 0 Å². The molecule has 1 N–H and O–H groups in total. The highest BCUT2D eigenvalue weighted by Gasteiger charge is 2.07. The fraction of sp³-hybridized carbons (Fsp3) is 0.684. The van der Waals surface area contributed by atoms with Crippen LogP contribution in [-0.4, -0.2) is 5.11 Å². The van der Waals surface area contributed by atoms with Crippen molar-refractivity contribution in [3.8, 4) is 0 Å². The lowest BCUT2D eigenvalue weighted by atomic mass is 9.98. The first-order valence-electron chi connectivity index (χ1n) is 8.40. The third-order valence-corrected chi connectivity index (χ3v) is 3.84. The molecule has 0 saturated heterocycles. The summed E-state index contributed by atoms with van der Waals surface area (Å²) in [7, 11) is 0. The van der Waals surface area contributed by atoms with E-state index in [-0.39, 0.29) is 6.10 Å². The van der Waals surface area contributed by atoms with Crippen molar-refractivity contribution in [1.29, 1.82) is 0 Å². The van der Waals surface area contributed by atoms with Crippen molar-refractivity contribution in [3.63, 3.8) is 0 Å². The third kappa shape index (κ3) is 7.09. The summed E-state index contributed by atoms with van der Waals surface area (Å²) >= 11 is 0. The highest BCUT2D eigenvalue weighted by Crippen LogP contribution is 2.21. The lowest BCUT2D eigenvalue weighted by Gasteiger charge is -2.12. The molecule has 0 aliphatic heterocycles. The van der Waals surface area contributed by atoms with E-state index >= 15 is 0 Å². The Morgan fingerprint density at radius 1 is 0.900 bits per heavy atom. The summed E-state index contributed by atoms with van der Waals surface area (Å²) in [5.74, 6) is 0.689. The van der Waals surface area contributed by atoms with Gasteiger partial charge in [-0.2, -0.15) is 0 Å². The topological polar surface area (TPSA) is 20.2 Å². The van der Waals surface area contributed by atoms with Gasteiger partial charge in [0.25, 0.3) is 0 Å². The average molecular weight is 276 g/mol. The molecule has 0 heterocycles. The summed E-state index contributed by atoms with van der Waals surface area (Å²) in [6.45, 7) is 6.72. The molecule has 0 amide bonds. The Morgan fingerprint density at radius 3 is 2.10 bits per heavy atom. The summed E-state index contributed by atoms with van der Waals surface area (Å²) in [5.41, 5.74) is 2.45. The first-order valence-corrected chi connectivity index (χ1v) is 8.40. The molecule has 1 unspecified atom stereocenters.